The van der Waals surface area contributed by atoms with Crippen molar-refractivity contribution in [1.29, 1.82) is 0 Å². The van der Waals surface area contributed by atoms with Crippen molar-refractivity contribution in [3.8, 4) is 0 Å². The fourth-order valence-corrected chi connectivity index (χ4v) is 1.05. The third-order valence-corrected chi connectivity index (χ3v) is 1.86. The van der Waals surface area contributed by atoms with Gasteiger partial charge in [0.2, 0.25) is 5.79 Å². The summed E-state index contributed by atoms with van der Waals surface area (Å²) in [5.74, 6) is -2.01. The second-order valence-corrected chi connectivity index (χ2v) is 3.05. The van der Waals surface area contributed by atoms with Crippen molar-refractivity contribution >= 4 is 0 Å². The smallest absolute Gasteiger partial charge is 0.219 e. The van der Waals surface area contributed by atoms with Crippen molar-refractivity contribution in [1.82, 2.24) is 0 Å². The van der Waals surface area contributed by atoms with Crippen molar-refractivity contribution in [2.45, 2.75) is 24.4 Å². The van der Waals surface area contributed by atoms with E-state index in [9.17, 15) is 15.3 Å². The van der Waals surface area contributed by atoms with Gasteiger partial charge in [-0.15, -0.1) is 0 Å². The van der Waals surface area contributed by atoms with Gasteiger partial charge in [0.25, 0.3) is 0 Å². The van der Waals surface area contributed by atoms with Crippen LogP contribution < -0.4 is 0 Å². The molecule has 5 heteroatoms. The van der Waals surface area contributed by atoms with Crippen molar-refractivity contribution in [2.75, 3.05) is 13.2 Å². The molecule has 0 saturated carbocycles. The summed E-state index contributed by atoms with van der Waals surface area (Å²) in [7, 11) is 0. The molecule has 1 rings (SSSR count). The highest BCUT2D eigenvalue weighted by Gasteiger charge is 2.54. The molecule has 0 aromatic rings. The average Bonchev–Trinajstić information content (AvgIpc) is 2.16. The Bertz CT molecular complexity index is 157. The van der Waals surface area contributed by atoms with Gasteiger partial charge in [0.1, 0.15) is 11.7 Å². The van der Waals surface area contributed by atoms with Gasteiger partial charge in [0, 0.05) is 0 Å². The van der Waals surface area contributed by atoms with E-state index in [1.54, 1.807) is 0 Å². The van der Waals surface area contributed by atoms with Crippen LogP contribution in [0.5, 0.6) is 0 Å². The van der Waals surface area contributed by atoms with E-state index in [1.807, 2.05) is 0 Å². The summed E-state index contributed by atoms with van der Waals surface area (Å²) in [6.07, 6.45) is -1.47. The van der Waals surface area contributed by atoms with Crippen LogP contribution in [0.2, 0.25) is 0 Å². The Morgan fingerprint density at radius 1 is 1.55 bits per heavy atom. The quantitative estimate of drug-likeness (QED) is 0.353. The van der Waals surface area contributed by atoms with E-state index >= 15 is 0 Å². The number of ether oxygens (including phenoxy) is 1. The lowest BCUT2D eigenvalue weighted by Crippen LogP contribution is -2.50. The van der Waals surface area contributed by atoms with Crippen LogP contribution in [-0.2, 0) is 4.74 Å². The van der Waals surface area contributed by atoms with Crippen LogP contribution in [0.15, 0.2) is 0 Å². The fraction of sp³-hybridized carbons (Fsp3) is 1.00. The Morgan fingerprint density at radius 3 is 2.27 bits per heavy atom. The van der Waals surface area contributed by atoms with Gasteiger partial charge in [0.05, 0.1) is 13.2 Å². The first-order valence-corrected chi connectivity index (χ1v) is 3.30. The highest BCUT2D eigenvalue weighted by atomic mass is 16.7. The summed E-state index contributed by atoms with van der Waals surface area (Å²) in [6, 6.07) is 0. The molecule has 3 unspecified atom stereocenters. The molecule has 5 nitrogen and oxygen atoms in total. The van der Waals surface area contributed by atoms with E-state index < -0.39 is 24.1 Å². The molecule has 1 aliphatic heterocycles. The second-order valence-electron chi connectivity index (χ2n) is 3.05. The molecule has 0 aliphatic carbocycles. The number of aliphatic hydroxyl groups is 4. The summed E-state index contributed by atoms with van der Waals surface area (Å²) in [6.45, 7) is 0.404. The molecule has 0 aromatic heterocycles. The monoisotopic (exact) mass is 164 g/mol. The van der Waals surface area contributed by atoms with Crippen LogP contribution in [0, 0.1) is 0 Å². The van der Waals surface area contributed by atoms with Crippen molar-refractivity contribution in [2.24, 2.45) is 0 Å². The number of aliphatic hydroxyl groups excluding tert-OH is 2. The molecule has 1 heterocycles. The Morgan fingerprint density at radius 2 is 2.09 bits per heavy atom. The normalized spacial score (nSPS) is 51.5. The lowest BCUT2D eigenvalue weighted by molar-refractivity contribution is -0.237. The number of hydrogen-bond donors (Lipinski definition) is 4. The molecule has 3 atom stereocenters. The van der Waals surface area contributed by atoms with Crippen LogP contribution in [-0.4, -0.2) is 51.1 Å². The second kappa shape index (κ2) is 2.40. The van der Waals surface area contributed by atoms with Gasteiger partial charge in [-0.2, -0.15) is 0 Å². The zero-order chi connectivity index (χ0) is 8.70. The maximum absolute atomic E-state index is 9.28. The van der Waals surface area contributed by atoms with Crippen LogP contribution in [0.3, 0.4) is 0 Å². The van der Waals surface area contributed by atoms with Gasteiger partial charge in [-0.05, 0) is 6.92 Å². The SMILES string of the molecule is CC1(O)COC(O)(CO)C1O. The number of rotatable bonds is 1. The standard InChI is InChI=1S/C6H12O5/c1-5(9)3-11-6(10,2-7)4(5)8/h4,7-10H,2-3H2,1H3. The molecular formula is C6H12O5. The van der Waals surface area contributed by atoms with Gasteiger partial charge in [-0.25, -0.2) is 0 Å². The molecule has 11 heavy (non-hydrogen) atoms. The first-order valence-electron chi connectivity index (χ1n) is 3.30. The van der Waals surface area contributed by atoms with E-state index in [4.69, 9.17) is 5.11 Å². The van der Waals surface area contributed by atoms with E-state index in [2.05, 4.69) is 4.74 Å². The Kier molecular flexibility index (Phi) is 1.94. The molecule has 1 fully saturated rings. The highest BCUT2D eigenvalue weighted by Crippen LogP contribution is 2.30. The minimum atomic E-state index is -2.01. The van der Waals surface area contributed by atoms with Crippen molar-refractivity contribution in [3.05, 3.63) is 0 Å². The largest absolute Gasteiger partial charge is 0.391 e. The first-order chi connectivity index (χ1) is 4.92. The number of hydrogen-bond acceptors (Lipinski definition) is 5. The lowest BCUT2D eigenvalue weighted by Gasteiger charge is -2.26. The van der Waals surface area contributed by atoms with E-state index in [-0.39, 0.29) is 6.61 Å². The van der Waals surface area contributed by atoms with Gasteiger partial charge >= 0.3 is 0 Å². The maximum Gasteiger partial charge on any atom is 0.219 e. The zero-order valence-corrected chi connectivity index (χ0v) is 6.19. The molecule has 0 radical (unpaired) electrons. The van der Waals surface area contributed by atoms with E-state index in [0.29, 0.717) is 0 Å². The minimum Gasteiger partial charge on any atom is -0.391 e. The molecule has 4 N–H and O–H groups in total. The summed E-state index contributed by atoms with van der Waals surface area (Å²) in [4.78, 5) is 0. The van der Waals surface area contributed by atoms with Gasteiger partial charge in [-0.3, -0.25) is 0 Å². The lowest BCUT2D eigenvalue weighted by atomic mass is 9.97. The Balaban J connectivity index is 2.78. The molecule has 66 valence electrons. The van der Waals surface area contributed by atoms with Gasteiger partial charge in [0.15, 0.2) is 0 Å². The fourth-order valence-electron chi connectivity index (χ4n) is 1.05. The Hall–Kier alpha value is -0.200. The van der Waals surface area contributed by atoms with Crippen LogP contribution in [0.4, 0.5) is 0 Å². The molecule has 1 aliphatic rings. The molecule has 0 bridgehead atoms. The van der Waals surface area contributed by atoms with E-state index in [1.165, 1.54) is 6.92 Å². The third kappa shape index (κ3) is 1.25. The van der Waals surface area contributed by atoms with Crippen LogP contribution >= 0.6 is 0 Å². The molecule has 0 amide bonds. The summed E-state index contributed by atoms with van der Waals surface area (Å²) in [5, 5.41) is 36.3. The molecule has 0 spiro atoms. The average molecular weight is 164 g/mol. The van der Waals surface area contributed by atoms with Crippen molar-refractivity contribution in [3.63, 3.8) is 0 Å². The third-order valence-electron chi connectivity index (χ3n) is 1.86. The van der Waals surface area contributed by atoms with Crippen LogP contribution in [0.25, 0.3) is 0 Å². The highest BCUT2D eigenvalue weighted by molar-refractivity contribution is 4.97. The van der Waals surface area contributed by atoms with Gasteiger partial charge < -0.3 is 25.2 Å². The predicted molar refractivity (Wildman–Crippen MR) is 34.6 cm³/mol. The summed E-state index contributed by atoms with van der Waals surface area (Å²) in [5.41, 5.74) is -1.49. The maximum atomic E-state index is 9.28. The zero-order valence-electron chi connectivity index (χ0n) is 6.19. The predicted octanol–water partition coefficient (Wildman–Crippen LogP) is -2.19. The minimum absolute atomic E-state index is 0.189. The summed E-state index contributed by atoms with van der Waals surface area (Å²) < 4.78 is 4.62. The van der Waals surface area contributed by atoms with Crippen molar-refractivity contribution < 1.29 is 25.2 Å². The molecule has 1 saturated heterocycles. The Labute approximate surface area is 63.8 Å². The van der Waals surface area contributed by atoms with Gasteiger partial charge in [-0.1, -0.05) is 0 Å². The molecule has 0 aromatic carbocycles. The summed E-state index contributed by atoms with van der Waals surface area (Å²) >= 11 is 0. The first kappa shape index (κ1) is 8.89. The molecular weight excluding hydrogens is 152 g/mol. The van der Waals surface area contributed by atoms with E-state index in [0.717, 1.165) is 0 Å². The van der Waals surface area contributed by atoms with Crippen LogP contribution in [0.1, 0.15) is 6.92 Å². The topological polar surface area (TPSA) is 90.2 Å².